The first-order valence-corrected chi connectivity index (χ1v) is 7.94. The molecule has 1 fully saturated rings. The first kappa shape index (κ1) is 18.9. The highest BCUT2D eigenvalue weighted by atomic mass is 35.5. The van der Waals surface area contributed by atoms with Crippen molar-refractivity contribution >= 4 is 24.0 Å². The number of aryl methyl sites for hydroxylation is 2. The van der Waals surface area contributed by atoms with Crippen molar-refractivity contribution in [2.45, 2.75) is 33.1 Å². The summed E-state index contributed by atoms with van der Waals surface area (Å²) in [6, 6.07) is 6.16. The Balaban J connectivity index is 0.00000242. The van der Waals surface area contributed by atoms with E-state index >= 15 is 0 Å². The number of hydrogen-bond donors (Lipinski definition) is 2. The fourth-order valence-electron chi connectivity index (χ4n) is 3.07. The molecule has 2 rings (SSSR count). The van der Waals surface area contributed by atoms with E-state index < -0.39 is 0 Å². The summed E-state index contributed by atoms with van der Waals surface area (Å²) in [7, 11) is 0. The van der Waals surface area contributed by atoms with Crippen molar-refractivity contribution in [1.82, 2.24) is 4.90 Å². The Morgan fingerprint density at radius 1 is 1.45 bits per heavy atom. The Labute approximate surface area is 139 Å². The minimum atomic E-state index is 0. The van der Waals surface area contributed by atoms with Gasteiger partial charge in [0.1, 0.15) is 0 Å². The lowest BCUT2D eigenvalue weighted by Crippen LogP contribution is -2.42. The maximum atomic E-state index is 12.3. The van der Waals surface area contributed by atoms with Crippen molar-refractivity contribution < 1.29 is 4.79 Å². The van der Waals surface area contributed by atoms with Crippen molar-refractivity contribution in [2.75, 3.05) is 31.5 Å². The second kappa shape index (κ2) is 9.13. The summed E-state index contributed by atoms with van der Waals surface area (Å²) in [4.78, 5) is 14.5. The third-order valence-electron chi connectivity index (χ3n) is 4.31. The molecule has 0 saturated carbocycles. The van der Waals surface area contributed by atoms with Gasteiger partial charge in [0, 0.05) is 12.2 Å². The van der Waals surface area contributed by atoms with E-state index in [9.17, 15) is 4.79 Å². The van der Waals surface area contributed by atoms with E-state index in [-0.39, 0.29) is 18.3 Å². The highest BCUT2D eigenvalue weighted by molar-refractivity contribution is 5.93. The molecule has 1 heterocycles. The Morgan fingerprint density at radius 3 is 2.91 bits per heavy atom. The standard InChI is InChI=1S/C17H27N3O.ClH/c1-3-15-8-4-6-13(2)17(15)19-16(21)12-20-9-5-7-14(10-18)11-20;/h4,6,8,14H,3,5,7,9-12,18H2,1-2H3,(H,19,21);1H. The van der Waals surface area contributed by atoms with Crippen LogP contribution in [-0.4, -0.2) is 37.0 Å². The molecule has 5 heteroatoms. The Bertz CT molecular complexity index is 493. The predicted molar refractivity (Wildman–Crippen MR) is 94.7 cm³/mol. The number of amides is 1. The highest BCUT2D eigenvalue weighted by Crippen LogP contribution is 2.21. The maximum absolute atomic E-state index is 12.3. The first-order chi connectivity index (χ1) is 10.1. The van der Waals surface area contributed by atoms with Crippen molar-refractivity contribution in [1.29, 1.82) is 0 Å². The number of carbonyl (C=O) groups is 1. The summed E-state index contributed by atoms with van der Waals surface area (Å²) >= 11 is 0. The average molecular weight is 326 g/mol. The van der Waals surface area contributed by atoms with Crippen LogP contribution in [0.4, 0.5) is 5.69 Å². The molecular weight excluding hydrogens is 298 g/mol. The second-order valence-electron chi connectivity index (χ2n) is 5.99. The third kappa shape index (κ3) is 4.97. The first-order valence-electron chi connectivity index (χ1n) is 7.94. The van der Waals surface area contributed by atoms with Gasteiger partial charge in [0.15, 0.2) is 0 Å². The van der Waals surface area contributed by atoms with Crippen LogP contribution in [0, 0.1) is 12.8 Å². The molecule has 0 spiro atoms. The molecule has 0 radical (unpaired) electrons. The Kier molecular flexibility index (Phi) is 7.87. The molecule has 1 aromatic carbocycles. The van der Waals surface area contributed by atoms with Gasteiger partial charge in [-0.25, -0.2) is 0 Å². The molecule has 1 aliphatic rings. The van der Waals surface area contributed by atoms with Crippen LogP contribution < -0.4 is 11.1 Å². The quantitative estimate of drug-likeness (QED) is 0.875. The lowest BCUT2D eigenvalue weighted by molar-refractivity contribution is -0.117. The molecule has 1 saturated heterocycles. The van der Waals surface area contributed by atoms with Gasteiger partial charge >= 0.3 is 0 Å². The third-order valence-corrected chi connectivity index (χ3v) is 4.31. The lowest BCUT2D eigenvalue weighted by atomic mass is 9.98. The van der Waals surface area contributed by atoms with Gasteiger partial charge in [-0.2, -0.15) is 0 Å². The van der Waals surface area contributed by atoms with E-state index in [4.69, 9.17) is 5.73 Å². The van der Waals surface area contributed by atoms with E-state index in [1.165, 1.54) is 12.0 Å². The minimum absolute atomic E-state index is 0. The number of benzene rings is 1. The number of nitrogens with one attached hydrogen (secondary N) is 1. The van der Waals surface area contributed by atoms with Gasteiger partial charge in [-0.15, -0.1) is 12.4 Å². The molecule has 1 aliphatic heterocycles. The van der Waals surface area contributed by atoms with E-state index in [1.807, 2.05) is 19.1 Å². The number of hydrogen-bond acceptors (Lipinski definition) is 3. The molecule has 3 N–H and O–H groups in total. The van der Waals surface area contributed by atoms with Crippen molar-refractivity contribution in [3.8, 4) is 0 Å². The molecule has 1 unspecified atom stereocenters. The number of likely N-dealkylation sites (tertiary alicyclic amines) is 1. The number of halogens is 1. The predicted octanol–water partition coefficient (Wildman–Crippen LogP) is 2.59. The van der Waals surface area contributed by atoms with E-state index in [0.717, 1.165) is 43.7 Å². The topological polar surface area (TPSA) is 58.4 Å². The summed E-state index contributed by atoms with van der Waals surface area (Å²) in [5.74, 6) is 0.618. The molecule has 0 aromatic heterocycles. The van der Waals surface area contributed by atoms with Gasteiger partial charge in [-0.05, 0) is 56.3 Å². The van der Waals surface area contributed by atoms with E-state index in [1.54, 1.807) is 0 Å². The van der Waals surface area contributed by atoms with Crippen LogP contribution in [0.15, 0.2) is 18.2 Å². The number of nitrogens with zero attached hydrogens (tertiary/aromatic N) is 1. The average Bonchev–Trinajstić information content (AvgIpc) is 2.49. The summed E-state index contributed by atoms with van der Waals surface area (Å²) in [6.45, 7) is 7.28. The normalized spacial score (nSPS) is 18.6. The highest BCUT2D eigenvalue weighted by Gasteiger charge is 2.21. The van der Waals surface area contributed by atoms with Gasteiger partial charge in [0.2, 0.25) is 5.91 Å². The molecule has 124 valence electrons. The number of piperidine rings is 1. The maximum Gasteiger partial charge on any atom is 0.238 e. The fraction of sp³-hybridized carbons (Fsp3) is 0.588. The monoisotopic (exact) mass is 325 g/mol. The largest absolute Gasteiger partial charge is 0.330 e. The van der Waals surface area contributed by atoms with Crippen LogP contribution in [0.25, 0.3) is 0 Å². The smallest absolute Gasteiger partial charge is 0.238 e. The van der Waals surface area contributed by atoms with Crippen molar-refractivity contribution in [2.24, 2.45) is 11.7 Å². The van der Waals surface area contributed by atoms with Gasteiger partial charge in [-0.1, -0.05) is 25.1 Å². The molecule has 1 atom stereocenters. The molecular formula is C17H28ClN3O. The van der Waals surface area contributed by atoms with Crippen LogP contribution in [0.2, 0.25) is 0 Å². The number of nitrogens with two attached hydrogens (primary N) is 1. The zero-order valence-corrected chi connectivity index (χ0v) is 14.4. The Morgan fingerprint density at radius 2 is 2.23 bits per heavy atom. The lowest BCUT2D eigenvalue weighted by Gasteiger charge is -2.31. The number of rotatable bonds is 5. The van der Waals surface area contributed by atoms with E-state index in [2.05, 4.69) is 23.2 Å². The molecule has 4 nitrogen and oxygen atoms in total. The summed E-state index contributed by atoms with van der Waals surface area (Å²) < 4.78 is 0. The number of anilines is 1. The zero-order valence-electron chi connectivity index (χ0n) is 13.6. The minimum Gasteiger partial charge on any atom is -0.330 e. The summed E-state index contributed by atoms with van der Waals surface area (Å²) in [6.07, 6.45) is 3.25. The van der Waals surface area contributed by atoms with Gasteiger partial charge < -0.3 is 11.1 Å². The summed E-state index contributed by atoms with van der Waals surface area (Å²) in [5, 5.41) is 3.10. The Hall–Kier alpha value is -1.10. The van der Waals surface area contributed by atoms with Crippen molar-refractivity contribution in [3.05, 3.63) is 29.3 Å². The fourth-order valence-corrected chi connectivity index (χ4v) is 3.07. The zero-order chi connectivity index (χ0) is 15.2. The summed E-state index contributed by atoms with van der Waals surface area (Å²) in [5.41, 5.74) is 9.06. The SMILES string of the molecule is CCc1cccc(C)c1NC(=O)CN1CCCC(CN)C1.Cl. The van der Waals surface area contributed by atoms with Gasteiger partial charge in [0.05, 0.1) is 6.54 Å². The van der Waals surface area contributed by atoms with Gasteiger partial charge in [0.25, 0.3) is 0 Å². The van der Waals surface area contributed by atoms with E-state index in [0.29, 0.717) is 12.5 Å². The number of para-hydroxylation sites is 1. The van der Waals surface area contributed by atoms with Crippen LogP contribution in [0.5, 0.6) is 0 Å². The molecule has 0 aliphatic carbocycles. The van der Waals surface area contributed by atoms with Crippen molar-refractivity contribution in [3.63, 3.8) is 0 Å². The van der Waals surface area contributed by atoms with Crippen LogP contribution in [-0.2, 0) is 11.2 Å². The van der Waals surface area contributed by atoms with Crippen LogP contribution in [0.3, 0.4) is 0 Å². The number of carbonyl (C=O) groups excluding carboxylic acids is 1. The molecule has 0 bridgehead atoms. The molecule has 1 amide bonds. The van der Waals surface area contributed by atoms with Crippen LogP contribution >= 0.6 is 12.4 Å². The second-order valence-corrected chi connectivity index (χ2v) is 5.99. The molecule has 1 aromatic rings. The van der Waals surface area contributed by atoms with Crippen LogP contribution in [0.1, 0.15) is 30.9 Å². The van der Waals surface area contributed by atoms with Gasteiger partial charge in [-0.3, -0.25) is 9.69 Å². The molecule has 22 heavy (non-hydrogen) atoms.